The highest BCUT2D eigenvalue weighted by molar-refractivity contribution is 6.31. The quantitative estimate of drug-likeness (QED) is 0.466. The largest absolute Gasteiger partial charge is 0.507 e. The summed E-state index contributed by atoms with van der Waals surface area (Å²) in [6.45, 7) is 7.21. The fraction of sp³-hybridized carbons (Fsp3) is 0.318. The Balaban J connectivity index is 1.66. The molecule has 3 N–H and O–H groups in total. The maximum absolute atomic E-state index is 12.9. The van der Waals surface area contributed by atoms with Crippen LogP contribution in [-0.4, -0.2) is 26.7 Å². The summed E-state index contributed by atoms with van der Waals surface area (Å²) in [5, 5.41) is 29.4. The third kappa shape index (κ3) is 3.10. The second-order valence-corrected chi connectivity index (χ2v) is 8.32. The molecular formula is C22H22ClN3O4. The number of azo groups is 1. The van der Waals surface area contributed by atoms with Crippen molar-refractivity contribution in [3.63, 3.8) is 0 Å². The van der Waals surface area contributed by atoms with Gasteiger partial charge >= 0.3 is 5.91 Å². The number of phenols is 1. The molecule has 3 aromatic rings. The predicted octanol–water partition coefficient (Wildman–Crippen LogP) is 5.55. The van der Waals surface area contributed by atoms with Crippen molar-refractivity contribution in [1.29, 1.82) is 0 Å². The van der Waals surface area contributed by atoms with E-state index in [9.17, 15) is 15.0 Å². The Morgan fingerprint density at radius 1 is 1.20 bits per heavy atom. The van der Waals surface area contributed by atoms with Crippen molar-refractivity contribution >= 4 is 34.1 Å². The van der Waals surface area contributed by atoms with Crippen molar-refractivity contribution < 1.29 is 19.7 Å². The van der Waals surface area contributed by atoms with Crippen LogP contribution < -0.4 is 4.74 Å². The number of fused-ring (bicyclic) bond motifs is 2. The number of nitrogens with zero attached hydrogens (tertiary/aromatic N) is 2. The molecule has 2 heterocycles. The number of hydrogen-bond donors (Lipinski definition) is 3. The zero-order valence-electron chi connectivity index (χ0n) is 17.1. The van der Waals surface area contributed by atoms with Gasteiger partial charge in [0, 0.05) is 22.4 Å². The molecule has 7 nitrogen and oxygen atoms in total. The minimum Gasteiger partial charge on any atom is -0.507 e. The molecule has 0 bridgehead atoms. The molecule has 1 unspecified atom stereocenters. The van der Waals surface area contributed by atoms with Gasteiger partial charge in [0.05, 0.1) is 5.52 Å². The van der Waals surface area contributed by atoms with Crippen LogP contribution in [0.3, 0.4) is 0 Å². The first-order chi connectivity index (χ1) is 14.1. The molecule has 0 spiro atoms. The Hall–Kier alpha value is -3.06. The van der Waals surface area contributed by atoms with Gasteiger partial charge in [0.15, 0.2) is 11.3 Å². The lowest BCUT2D eigenvalue weighted by Gasteiger charge is -2.35. The van der Waals surface area contributed by atoms with Crippen LogP contribution in [0, 0.1) is 20.8 Å². The fourth-order valence-electron chi connectivity index (χ4n) is 3.84. The van der Waals surface area contributed by atoms with Crippen molar-refractivity contribution in [2.24, 2.45) is 10.2 Å². The topological polar surface area (TPSA) is 107 Å². The smallest absolute Gasteiger partial charge is 0.307 e. The lowest BCUT2D eigenvalue weighted by atomic mass is 9.87. The van der Waals surface area contributed by atoms with Gasteiger partial charge in [-0.3, -0.25) is 4.79 Å². The highest BCUT2D eigenvalue weighted by Crippen LogP contribution is 2.44. The van der Waals surface area contributed by atoms with Crippen LogP contribution in [0.25, 0.3) is 10.9 Å². The van der Waals surface area contributed by atoms with Gasteiger partial charge in [-0.25, -0.2) is 0 Å². The predicted molar refractivity (Wildman–Crippen MR) is 114 cm³/mol. The van der Waals surface area contributed by atoms with Gasteiger partial charge in [-0.1, -0.05) is 11.6 Å². The minimum atomic E-state index is -1.19. The van der Waals surface area contributed by atoms with E-state index in [4.69, 9.17) is 16.3 Å². The zero-order chi connectivity index (χ0) is 21.8. The maximum Gasteiger partial charge on any atom is 0.307 e. The molecule has 156 valence electrons. The number of H-pyrrole nitrogens is 1. The van der Waals surface area contributed by atoms with E-state index in [1.165, 1.54) is 0 Å². The zero-order valence-corrected chi connectivity index (χ0v) is 17.9. The van der Waals surface area contributed by atoms with Crippen molar-refractivity contribution in [2.45, 2.75) is 46.1 Å². The van der Waals surface area contributed by atoms with E-state index in [1.54, 1.807) is 25.1 Å². The molecule has 0 fully saturated rings. The van der Waals surface area contributed by atoms with Crippen LogP contribution in [0.5, 0.6) is 17.4 Å². The van der Waals surface area contributed by atoms with Gasteiger partial charge < -0.3 is 19.9 Å². The van der Waals surface area contributed by atoms with E-state index in [0.29, 0.717) is 34.5 Å². The SMILES string of the molecule is Cc1c(C)c2c(c(C)c1O)CCC(C)(C(=O)N=Nc1c(O)[nH]c3cc(Cl)ccc13)O2. The maximum atomic E-state index is 12.9. The molecule has 0 radical (unpaired) electrons. The van der Waals surface area contributed by atoms with Crippen molar-refractivity contribution in [3.05, 3.63) is 45.5 Å². The number of rotatable bonds is 2. The van der Waals surface area contributed by atoms with Gasteiger partial charge in [-0.15, -0.1) is 10.2 Å². The number of nitrogens with one attached hydrogen (secondary N) is 1. The van der Waals surface area contributed by atoms with Crippen LogP contribution in [0.4, 0.5) is 5.69 Å². The molecule has 1 atom stereocenters. The summed E-state index contributed by atoms with van der Waals surface area (Å²) in [5.41, 5.74) is 2.78. The Labute approximate surface area is 178 Å². The van der Waals surface area contributed by atoms with E-state index in [0.717, 1.165) is 22.3 Å². The van der Waals surface area contributed by atoms with E-state index in [2.05, 4.69) is 15.2 Å². The Kier molecular flexibility index (Phi) is 4.73. The number of hydrogen-bond acceptors (Lipinski definition) is 5. The number of carbonyl (C=O) groups excluding carboxylic acids is 1. The van der Waals surface area contributed by atoms with E-state index >= 15 is 0 Å². The first-order valence-corrected chi connectivity index (χ1v) is 9.97. The Morgan fingerprint density at radius 2 is 1.93 bits per heavy atom. The molecule has 0 saturated heterocycles. The number of phenolic OH excluding ortho intramolecular Hbond substituents is 1. The number of aromatic hydroxyl groups is 2. The molecular weight excluding hydrogens is 406 g/mol. The van der Waals surface area contributed by atoms with Crippen molar-refractivity contribution in [1.82, 2.24) is 4.98 Å². The van der Waals surface area contributed by atoms with Crippen LogP contribution in [0.2, 0.25) is 5.02 Å². The third-order valence-electron chi connectivity index (χ3n) is 5.93. The lowest BCUT2D eigenvalue weighted by Crippen LogP contribution is -2.43. The van der Waals surface area contributed by atoms with Gasteiger partial charge in [0.1, 0.15) is 11.5 Å². The number of carbonyl (C=O) groups is 1. The minimum absolute atomic E-state index is 0.169. The summed E-state index contributed by atoms with van der Waals surface area (Å²) in [6.07, 6.45) is 0.973. The summed E-state index contributed by atoms with van der Waals surface area (Å²) >= 11 is 5.97. The molecule has 4 rings (SSSR count). The number of benzene rings is 2. The van der Waals surface area contributed by atoms with E-state index in [1.807, 2.05) is 20.8 Å². The number of amides is 1. The number of aromatic nitrogens is 1. The highest BCUT2D eigenvalue weighted by Gasteiger charge is 2.41. The summed E-state index contributed by atoms with van der Waals surface area (Å²) in [6, 6.07) is 5.02. The number of halogens is 1. The molecule has 8 heteroatoms. The Bertz CT molecular complexity index is 1230. The molecule has 30 heavy (non-hydrogen) atoms. The molecule has 1 aliphatic rings. The van der Waals surface area contributed by atoms with Crippen LogP contribution >= 0.6 is 11.6 Å². The standard InChI is InChI=1S/C22H22ClN3O4/c1-10-11(2)19-14(12(3)18(10)27)7-8-22(4,30-19)21(29)26-25-17-15-6-5-13(23)9-16(15)24-20(17)28/h5-6,9,24,27-28H,7-8H2,1-4H3. The van der Waals surface area contributed by atoms with Crippen LogP contribution in [-0.2, 0) is 11.2 Å². The first-order valence-electron chi connectivity index (χ1n) is 9.59. The van der Waals surface area contributed by atoms with Gasteiger partial charge in [-0.05, 0) is 69.0 Å². The monoisotopic (exact) mass is 427 g/mol. The van der Waals surface area contributed by atoms with Gasteiger partial charge in [-0.2, -0.15) is 0 Å². The third-order valence-corrected chi connectivity index (χ3v) is 6.16. The average Bonchev–Trinajstić information content (AvgIpc) is 3.02. The second-order valence-electron chi connectivity index (χ2n) is 7.88. The molecule has 0 aliphatic carbocycles. The van der Waals surface area contributed by atoms with Gasteiger partial charge in [0.2, 0.25) is 5.88 Å². The van der Waals surface area contributed by atoms with Gasteiger partial charge in [0.25, 0.3) is 0 Å². The highest BCUT2D eigenvalue weighted by atomic mass is 35.5. The summed E-state index contributed by atoms with van der Waals surface area (Å²) in [7, 11) is 0. The second kappa shape index (κ2) is 7.02. The normalized spacial score (nSPS) is 18.6. The molecule has 0 saturated carbocycles. The molecule has 1 amide bonds. The molecule has 1 aliphatic heterocycles. The first kappa shape index (κ1) is 20.2. The number of aromatic amines is 1. The summed E-state index contributed by atoms with van der Waals surface area (Å²) in [4.78, 5) is 15.7. The molecule has 1 aromatic heterocycles. The van der Waals surface area contributed by atoms with Crippen molar-refractivity contribution in [2.75, 3.05) is 0 Å². The Morgan fingerprint density at radius 3 is 2.67 bits per heavy atom. The van der Waals surface area contributed by atoms with Crippen LogP contribution in [0.15, 0.2) is 28.4 Å². The average molecular weight is 428 g/mol. The van der Waals surface area contributed by atoms with Crippen LogP contribution in [0.1, 0.15) is 35.6 Å². The fourth-order valence-corrected chi connectivity index (χ4v) is 4.01. The lowest BCUT2D eigenvalue weighted by molar-refractivity contribution is -0.133. The summed E-state index contributed by atoms with van der Waals surface area (Å²) < 4.78 is 6.13. The van der Waals surface area contributed by atoms with E-state index in [-0.39, 0.29) is 17.3 Å². The van der Waals surface area contributed by atoms with E-state index < -0.39 is 11.5 Å². The number of ether oxygens (including phenoxy) is 1. The van der Waals surface area contributed by atoms with Crippen molar-refractivity contribution in [3.8, 4) is 17.4 Å². The molecule has 2 aromatic carbocycles. The summed E-state index contributed by atoms with van der Waals surface area (Å²) in [5.74, 6) is 0.143.